The lowest BCUT2D eigenvalue weighted by Crippen LogP contribution is -2.28. The van der Waals surface area contributed by atoms with Gasteiger partial charge < -0.3 is 4.42 Å². The molecule has 1 aliphatic rings. The predicted molar refractivity (Wildman–Crippen MR) is 82.2 cm³/mol. The SMILES string of the molecule is Cc1ccc2oc(C(CCC3CCCC3)NN)cc2c1. The number of nitrogens with two attached hydrogens (primary N) is 1. The molecular formula is C17H24N2O. The van der Waals surface area contributed by atoms with Crippen molar-refractivity contribution in [3.63, 3.8) is 0 Å². The zero-order chi connectivity index (χ0) is 13.9. The Morgan fingerprint density at radius 3 is 2.85 bits per heavy atom. The number of hydrogen-bond donors (Lipinski definition) is 2. The number of benzene rings is 1. The summed E-state index contributed by atoms with van der Waals surface area (Å²) in [5.74, 6) is 7.58. The maximum Gasteiger partial charge on any atom is 0.134 e. The minimum atomic E-state index is 0.128. The van der Waals surface area contributed by atoms with E-state index in [1.807, 2.05) is 6.07 Å². The van der Waals surface area contributed by atoms with E-state index in [0.717, 1.165) is 23.7 Å². The van der Waals surface area contributed by atoms with Crippen LogP contribution in [-0.4, -0.2) is 0 Å². The zero-order valence-electron chi connectivity index (χ0n) is 12.2. The van der Waals surface area contributed by atoms with Gasteiger partial charge in [0, 0.05) is 5.39 Å². The Bertz CT molecular complexity index is 569. The molecule has 1 atom stereocenters. The summed E-state index contributed by atoms with van der Waals surface area (Å²) in [6.45, 7) is 2.10. The summed E-state index contributed by atoms with van der Waals surface area (Å²) in [6.07, 6.45) is 7.86. The van der Waals surface area contributed by atoms with Crippen LogP contribution in [0.25, 0.3) is 11.0 Å². The second-order valence-electron chi connectivity index (χ2n) is 6.14. The Kier molecular flexibility index (Phi) is 4.08. The summed E-state index contributed by atoms with van der Waals surface area (Å²) < 4.78 is 5.95. The van der Waals surface area contributed by atoms with Gasteiger partial charge in [0.25, 0.3) is 0 Å². The smallest absolute Gasteiger partial charge is 0.134 e. The molecule has 3 heteroatoms. The highest BCUT2D eigenvalue weighted by atomic mass is 16.3. The molecule has 1 heterocycles. The summed E-state index contributed by atoms with van der Waals surface area (Å²) in [4.78, 5) is 0. The molecule has 20 heavy (non-hydrogen) atoms. The van der Waals surface area contributed by atoms with Crippen molar-refractivity contribution in [2.24, 2.45) is 11.8 Å². The molecular weight excluding hydrogens is 248 g/mol. The summed E-state index contributed by atoms with van der Waals surface area (Å²) in [6, 6.07) is 8.54. The molecule has 0 aliphatic heterocycles. The van der Waals surface area contributed by atoms with E-state index in [0.29, 0.717) is 0 Å². The Hall–Kier alpha value is -1.32. The van der Waals surface area contributed by atoms with E-state index < -0.39 is 0 Å². The predicted octanol–water partition coefficient (Wildman–Crippen LogP) is 4.22. The summed E-state index contributed by atoms with van der Waals surface area (Å²) >= 11 is 0. The van der Waals surface area contributed by atoms with E-state index in [2.05, 4.69) is 30.5 Å². The normalized spacial score (nSPS) is 17.9. The van der Waals surface area contributed by atoms with Gasteiger partial charge in [0.05, 0.1) is 6.04 Å². The van der Waals surface area contributed by atoms with Crippen molar-refractivity contribution in [1.82, 2.24) is 5.43 Å². The molecule has 0 saturated heterocycles. The molecule has 1 unspecified atom stereocenters. The molecule has 3 nitrogen and oxygen atoms in total. The van der Waals surface area contributed by atoms with Crippen LogP contribution >= 0.6 is 0 Å². The molecule has 0 spiro atoms. The number of rotatable bonds is 5. The van der Waals surface area contributed by atoms with E-state index in [1.54, 1.807) is 0 Å². The Morgan fingerprint density at radius 2 is 2.10 bits per heavy atom. The molecule has 1 saturated carbocycles. The average Bonchev–Trinajstić information content (AvgIpc) is 3.08. The third-order valence-corrected chi connectivity index (χ3v) is 4.57. The van der Waals surface area contributed by atoms with Gasteiger partial charge in [0.2, 0.25) is 0 Å². The topological polar surface area (TPSA) is 51.2 Å². The standard InChI is InChI=1S/C17H24N2O/c1-12-6-9-16-14(10-12)11-17(20-16)15(19-18)8-7-13-4-2-3-5-13/h6,9-11,13,15,19H,2-5,7-8,18H2,1H3. The summed E-state index contributed by atoms with van der Waals surface area (Å²) in [7, 11) is 0. The number of furan rings is 1. The Balaban J connectivity index is 1.72. The Morgan fingerprint density at radius 1 is 1.30 bits per heavy atom. The van der Waals surface area contributed by atoms with Gasteiger partial charge in [-0.1, -0.05) is 37.3 Å². The fraction of sp³-hybridized carbons (Fsp3) is 0.529. The average molecular weight is 272 g/mol. The molecule has 1 aromatic carbocycles. The van der Waals surface area contributed by atoms with Gasteiger partial charge in [-0.3, -0.25) is 5.84 Å². The number of hydrogen-bond acceptors (Lipinski definition) is 3. The van der Waals surface area contributed by atoms with Crippen LogP contribution in [0, 0.1) is 12.8 Å². The van der Waals surface area contributed by atoms with E-state index in [9.17, 15) is 0 Å². The second kappa shape index (κ2) is 5.98. The first-order chi connectivity index (χ1) is 9.76. The molecule has 0 radical (unpaired) electrons. The number of nitrogens with one attached hydrogen (secondary N) is 1. The molecule has 108 valence electrons. The third-order valence-electron chi connectivity index (χ3n) is 4.57. The minimum Gasteiger partial charge on any atom is -0.459 e. The van der Waals surface area contributed by atoms with E-state index in [1.165, 1.54) is 43.1 Å². The molecule has 1 fully saturated rings. The van der Waals surface area contributed by atoms with Crippen LogP contribution < -0.4 is 11.3 Å². The van der Waals surface area contributed by atoms with E-state index in [-0.39, 0.29) is 6.04 Å². The first-order valence-corrected chi connectivity index (χ1v) is 7.72. The quantitative estimate of drug-likeness (QED) is 0.633. The zero-order valence-corrected chi connectivity index (χ0v) is 12.2. The van der Waals surface area contributed by atoms with Crippen LogP contribution in [0.1, 0.15) is 55.9 Å². The van der Waals surface area contributed by atoms with Gasteiger partial charge in [0.15, 0.2) is 0 Å². The maximum absolute atomic E-state index is 5.95. The van der Waals surface area contributed by atoms with Crippen molar-refractivity contribution in [2.45, 2.75) is 51.5 Å². The lowest BCUT2D eigenvalue weighted by Gasteiger charge is -2.15. The van der Waals surface area contributed by atoms with Gasteiger partial charge in [0.1, 0.15) is 11.3 Å². The van der Waals surface area contributed by atoms with Crippen molar-refractivity contribution >= 4 is 11.0 Å². The summed E-state index contributed by atoms with van der Waals surface area (Å²) in [5.41, 5.74) is 5.13. The van der Waals surface area contributed by atoms with Gasteiger partial charge in [-0.2, -0.15) is 0 Å². The lowest BCUT2D eigenvalue weighted by atomic mass is 9.97. The van der Waals surface area contributed by atoms with Crippen LogP contribution in [0.5, 0.6) is 0 Å². The molecule has 1 aromatic heterocycles. The fourth-order valence-corrected chi connectivity index (χ4v) is 3.36. The maximum atomic E-state index is 5.95. The lowest BCUT2D eigenvalue weighted by molar-refractivity contribution is 0.372. The highest BCUT2D eigenvalue weighted by Gasteiger charge is 2.20. The number of hydrazine groups is 1. The first kappa shape index (κ1) is 13.7. The highest BCUT2D eigenvalue weighted by Crippen LogP contribution is 2.32. The highest BCUT2D eigenvalue weighted by molar-refractivity contribution is 5.78. The van der Waals surface area contributed by atoms with Gasteiger partial charge in [-0.05, 0) is 43.9 Å². The van der Waals surface area contributed by atoms with E-state index >= 15 is 0 Å². The molecule has 1 aliphatic carbocycles. The van der Waals surface area contributed by atoms with Gasteiger partial charge >= 0.3 is 0 Å². The molecule has 3 rings (SSSR count). The van der Waals surface area contributed by atoms with Crippen molar-refractivity contribution in [3.8, 4) is 0 Å². The third kappa shape index (κ3) is 2.89. The van der Waals surface area contributed by atoms with Gasteiger partial charge in [-0.15, -0.1) is 0 Å². The van der Waals surface area contributed by atoms with Crippen LogP contribution in [0.2, 0.25) is 0 Å². The fourth-order valence-electron chi connectivity index (χ4n) is 3.36. The van der Waals surface area contributed by atoms with Crippen molar-refractivity contribution in [3.05, 3.63) is 35.6 Å². The Labute approximate surface area is 120 Å². The van der Waals surface area contributed by atoms with Crippen LogP contribution in [0.3, 0.4) is 0 Å². The van der Waals surface area contributed by atoms with Crippen molar-refractivity contribution in [1.29, 1.82) is 0 Å². The van der Waals surface area contributed by atoms with Crippen molar-refractivity contribution in [2.75, 3.05) is 0 Å². The minimum absolute atomic E-state index is 0.128. The number of fused-ring (bicyclic) bond motifs is 1. The molecule has 3 N–H and O–H groups in total. The molecule has 0 bridgehead atoms. The van der Waals surface area contributed by atoms with Crippen molar-refractivity contribution < 1.29 is 4.42 Å². The first-order valence-electron chi connectivity index (χ1n) is 7.72. The summed E-state index contributed by atoms with van der Waals surface area (Å²) in [5, 5.41) is 1.17. The van der Waals surface area contributed by atoms with E-state index in [4.69, 9.17) is 10.3 Å². The van der Waals surface area contributed by atoms with Crippen LogP contribution in [-0.2, 0) is 0 Å². The number of aryl methyl sites for hydroxylation is 1. The van der Waals surface area contributed by atoms with Crippen LogP contribution in [0.4, 0.5) is 0 Å². The second-order valence-corrected chi connectivity index (χ2v) is 6.14. The molecule has 0 amide bonds. The van der Waals surface area contributed by atoms with Crippen LogP contribution in [0.15, 0.2) is 28.7 Å². The van der Waals surface area contributed by atoms with Gasteiger partial charge in [-0.25, -0.2) is 5.43 Å². The largest absolute Gasteiger partial charge is 0.459 e. The molecule has 2 aromatic rings. The monoisotopic (exact) mass is 272 g/mol.